The number of hydrogen-bond acceptors (Lipinski definition) is 8. The fourth-order valence-electron chi connectivity index (χ4n) is 11.7. The predicted molar refractivity (Wildman–Crippen MR) is 250 cm³/mol. The SMILES string of the molecule is COC(=O)N[C@H](C(=O)N1CCC[C@H]1c1ncc(-c2ccc3c(c2)CCc2cc(-c4ccc5nc([C@@H]6[C@H]7CC[C@H](C7)N6C(=O)[C@H](NC(=O)O)c6ccccc6)[nH]c5c4)ccc2-3)[nH]1)C1CCOCC1. The van der Waals surface area contributed by atoms with Crippen LogP contribution in [-0.4, -0.2) is 97.8 Å². The van der Waals surface area contributed by atoms with Gasteiger partial charge in [-0.05, 0) is 132 Å². The molecular formula is C52H54N8O7. The quantitative estimate of drug-likeness (QED) is 0.0900. The van der Waals surface area contributed by atoms with Gasteiger partial charge in [-0.2, -0.15) is 0 Å². The lowest BCUT2D eigenvalue weighted by Gasteiger charge is -2.36. The third-order valence-corrected chi connectivity index (χ3v) is 15.0. The predicted octanol–water partition coefficient (Wildman–Crippen LogP) is 8.26. The summed E-state index contributed by atoms with van der Waals surface area (Å²) >= 11 is 0. The van der Waals surface area contributed by atoms with E-state index in [1.54, 1.807) is 12.1 Å². The van der Waals surface area contributed by atoms with E-state index >= 15 is 0 Å². The minimum atomic E-state index is -1.24. The molecule has 4 amide bonds. The standard InChI is InChI=1S/C52H54N8O7/c1-66-52(65)58-44(30-19-22-67-23-20-30)49(61)59-21-5-8-43(59)47-53-28-42(56-47)35-13-17-39-34(25-35)10-9-33-24-31(12-16-38(33)39)32-14-18-40-41(27-32)55-48(54-40)46-36-11-15-37(26-36)60(46)50(62)45(57-51(63)64)29-6-3-2-4-7-29/h2-4,6-7,12-14,16-18,24-25,27-28,30,36-37,43-46,57H,5,8-11,15,19-23,26H2,1H3,(H,53,56)(H,54,55)(H,58,65)(H,63,64)/t36-,37+,43-,44-,45+,46-/m0/s1. The van der Waals surface area contributed by atoms with Gasteiger partial charge >= 0.3 is 12.2 Å². The molecule has 6 aromatic rings. The Hall–Kier alpha value is -7.00. The minimum Gasteiger partial charge on any atom is -0.465 e. The third-order valence-electron chi connectivity index (χ3n) is 15.0. The van der Waals surface area contributed by atoms with E-state index in [1.165, 1.54) is 29.4 Å². The molecule has 67 heavy (non-hydrogen) atoms. The molecule has 2 bridgehead atoms. The molecule has 344 valence electrons. The van der Waals surface area contributed by atoms with Gasteiger partial charge in [-0.1, -0.05) is 66.7 Å². The van der Waals surface area contributed by atoms with E-state index in [9.17, 15) is 24.3 Å². The number of benzene rings is 4. The molecule has 15 nitrogen and oxygen atoms in total. The second-order valence-electron chi connectivity index (χ2n) is 18.7. The number of ether oxygens (including phenoxy) is 2. The van der Waals surface area contributed by atoms with Gasteiger partial charge in [-0.15, -0.1) is 0 Å². The first kappa shape index (κ1) is 42.6. The minimum absolute atomic E-state index is 0.0290. The van der Waals surface area contributed by atoms with Crippen molar-refractivity contribution in [2.24, 2.45) is 11.8 Å². The number of fused-ring (bicyclic) bond motifs is 6. The third kappa shape index (κ3) is 7.98. The van der Waals surface area contributed by atoms with Crippen LogP contribution in [-0.2, 0) is 31.9 Å². The maximum absolute atomic E-state index is 14.3. The molecule has 0 radical (unpaired) electrons. The van der Waals surface area contributed by atoms with Gasteiger partial charge in [0.1, 0.15) is 23.7 Å². The van der Waals surface area contributed by atoms with Crippen molar-refractivity contribution in [2.45, 2.75) is 88.0 Å². The van der Waals surface area contributed by atoms with Crippen molar-refractivity contribution in [1.82, 2.24) is 40.4 Å². The Kier molecular flexibility index (Phi) is 11.2. The lowest BCUT2D eigenvalue weighted by molar-refractivity contribution is -0.138. The van der Waals surface area contributed by atoms with E-state index < -0.39 is 24.3 Å². The molecule has 15 heteroatoms. The lowest BCUT2D eigenvalue weighted by atomic mass is 9.83. The van der Waals surface area contributed by atoms with Crippen molar-refractivity contribution < 1.29 is 33.8 Å². The number of imidazole rings is 2. The highest BCUT2D eigenvalue weighted by Crippen LogP contribution is 2.51. The number of carboxylic acid groups (broad SMARTS) is 1. The number of nitrogens with one attached hydrogen (secondary N) is 4. The Balaban J connectivity index is 0.805. The number of nitrogens with zero attached hydrogens (tertiary/aromatic N) is 4. The summed E-state index contributed by atoms with van der Waals surface area (Å²) in [5.41, 5.74) is 11.5. The summed E-state index contributed by atoms with van der Waals surface area (Å²) in [6.07, 6.45) is 7.57. The highest BCUT2D eigenvalue weighted by atomic mass is 16.5. The molecule has 1 saturated carbocycles. The van der Waals surface area contributed by atoms with Crippen LogP contribution in [0.4, 0.5) is 9.59 Å². The van der Waals surface area contributed by atoms with Gasteiger partial charge < -0.3 is 45.0 Å². The average molecular weight is 903 g/mol. The molecule has 3 saturated heterocycles. The van der Waals surface area contributed by atoms with Crippen molar-refractivity contribution in [3.63, 3.8) is 0 Å². The van der Waals surface area contributed by atoms with Gasteiger partial charge in [0.05, 0.1) is 42.1 Å². The molecule has 0 spiro atoms. The summed E-state index contributed by atoms with van der Waals surface area (Å²) in [7, 11) is 1.31. The Labute approximate surface area is 387 Å². The first-order valence-corrected chi connectivity index (χ1v) is 23.6. The number of aryl methyl sites for hydroxylation is 2. The highest BCUT2D eigenvalue weighted by molar-refractivity contribution is 5.89. The van der Waals surface area contributed by atoms with Crippen LogP contribution in [0, 0.1) is 11.8 Å². The molecule has 2 aliphatic carbocycles. The number of methoxy groups -OCH3 is 1. The molecule has 5 aliphatic rings. The molecule has 0 unspecified atom stereocenters. The first-order chi connectivity index (χ1) is 32.7. The maximum Gasteiger partial charge on any atom is 0.407 e. The van der Waals surface area contributed by atoms with E-state index in [-0.39, 0.29) is 41.8 Å². The molecule has 4 aromatic carbocycles. The maximum atomic E-state index is 14.3. The van der Waals surface area contributed by atoms with Crippen LogP contribution in [0.15, 0.2) is 91.1 Å². The Morgan fingerprint density at radius 1 is 0.806 bits per heavy atom. The number of alkyl carbamates (subject to hydrolysis) is 1. The molecule has 4 fully saturated rings. The molecular weight excluding hydrogens is 849 g/mol. The largest absolute Gasteiger partial charge is 0.465 e. The molecule has 5 N–H and O–H groups in total. The van der Waals surface area contributed by atoms with Gasteiger partial charge in [0.25, 0.3) is 5.91 Å². The van der Waals surface area contributed by atoms with E-state index in [2.05, 4.69) is 69.1 Å². The van der Waals surface area contributed by atoms with Crippen LogP contribution in [0.3, 0.4) is 0 Å². The molecule has 2 aromatic heterocycles. The van der Waals surface area contributed by atoms with Gasteiger partial charge in [-0.3, -0.25) is 9.59 Å². The number of amides is 4. The van der Waals surface area contributed by atoms with E-state index in [0.29, 0.717) is 38.2 Å². The van der Waals surface area contributed by atoms with Crippen molar-refractivity contribution in [3.8, 4) is 33.5 Å². The van der Waals surface area contributed by atoms with Gasteiger partial charge in [0, 0.05) is 25.8 Å². The number of rotatable bonds is 10. The van der Waals surface area contributed by atoms with E-state index in [4.69, 9.17) is 19.4 Å². The molecule has 11 rings (SSSR count). The fourth-order valence-corrected chi connectivity index (χ4v) is 11.7. The van der Waals surface area contributed by atoms with E-state index in [0.717, 1.165) is 90.0 Å². The monoisotopic (exact) mass is 902 g/mol. The Bertz CT molecular complexity index is 2870. The van der Waals surface area contributed by atoms with Crippen LogP contribution in [0.25, 0.3) is 44.5 Å². The first-order valence-electron chi connectivity index (χ1n) is 23.6. The second-order valence-corrected chi connectivity index (χ2v) is 18.7. The van der Waals surface area contributed by atoms with Gasteiger partial charge in [0.2, 0.25) is 5.91 Å². The second kappa shape index (κ2) is 17.7. The highest BCUT2D eigenvalue weighted by Gasteiger charge is 2.51. The summed E-state index contributed by atoms with van der Waals surface area (Å²) in [5, 5.41) is 15.0. The zero-order valence-electron chi connectivity index (χ0n) is 37.4. The fraction of sp³-hybridized carbons (Fsp3) is 0.385. The molecule has 3 aliphatic heterocycles. The normalized spacial score (nSPS) is 22.0. The van der Waals surface area contributed by atoms with Crippen molar-refractivity contribution in [1.29, 1.82) is 0 Å². The number of hydrogen-bond donors (Lipinski definition) is 5. The number of carbonyl (C=O) groups excluding carboxylic acids is 3. The van der Waals surface area contributed by atoms with Crippen LogP contribution in [0.1, 0.15) is 91.4 Å². The van der Waals surface area contributed by atoms with Crippen molar-refractivity contribution >= 4 is 35.0 Å². The average Bonchev–Trinajstić information content (AvgIpc) is 4.23. The summed E-state index contributed by atoms with van der Waals surface area (Å²) in [4.78, 5) is 73.3. The number of likely N-dealkylation sites (tertiary alicyclic amines) is 2. The smallest absolute Gasteiger partial charge is 0.407 e. The molecule has 5 heterocycles. The zero-order valence-corrected chi connectivity index (χ0v) is 37.4. The number of aromatic nitrogens is 4. The van der Waals surface area contributed by atoms with Crippen LogP contribution >= 0.6 is 0 Å². The topological polar surface area (TPSA) is 195 Å². The zero-order chi connectivity index (χ0) is 45.8. The van der Waals surface area contributed by atoms with Gasteiger partial charge in [-0.25, -0.2) is 19.6 Å². The summed E-state index contributed by atoms with van der Waals surface area (Å²) in [6, 6.07) is 26.5. The number of aromatic amines is 2. The Morgan fingerprint density at radius 2 is 1.54 bits per heavy atom. The molecule has 6 atom stereocenters. The lowest BCUT2D eigenvalue weighted by Crippen LogP contribution is -2.53. The van der Waals surface area contributed by atoms with Crippen LogP contribution in [0.2, 0.25) is 0 Å². The summed E-state index contributed by atoms with van der Waals surface area (Å²) in [5.74, 6) is 1.34. The van der Waals surface area contributed by atoms with Crippen molar-refractivity contribution in [3.05, 3.63) is 119 Å². The summed E-state index contributed by atoms with van der Waals surface area (Å²) in [6.45, 7) is 1.71. The number of piperidine rings is 1. The summed E-state index contributed by atoms with van der Waals surface area (Å²) < 4.78 is 10.4. The van der Waals surface area contributed by atoms with E-state index in [1.807, 2.05) is 40.3 Å². The Morgan fingerprint density at radius 3 is 2.30 bits per heavy atom. The van der Waals surface area contributed by atoms with Crippen LogP contribution < -0.4 is 10.6 Å². The van der Waals surface area contributed by atoms with Crippen LogP contribution in [0.5, 0.6) is 0 Å². The van der Waals surface area contributed by atoms with Gasteiger partial charge in [0.15, 0.2) is 0 Å². The number of carbonyl (C=O) groups is 4. The van der Waals surface area contributed by atoms with Crippen molar-refractivity contribution in [2.75, 3.05) is 26.9 Å². The number of H-pyrrole nitrogens is 2.